The number of carbonyl (C=O) groups is 2. The lowest BCUT2D eigenvalue weighted by Gasteiger charge is -2.33. The first-order valence-electron chi connectivity index (χ1n) is 9.65. The SMILES string of the molecule is O=C(CCC(=O)N1CCN(S(=O)(=O)/C=C/c2ccccc2)CC1)c1ccc(Br)cc1. The minimum atomic E-state index is -3.54. The van der Waals surface area contributed by atoms with Crippen LogP contribution in [0.1, 0.15) is 28.8 Å². The molecule has 0 spiro atoms. The molecule has 0 bridgehead atoms. The molecule has 1 aliphatic rings. The summed E-state index contributed by atoms with van der Waals surface area (Å²) in [6.07, 6.45) is 1.83. The first-order chi connectivity index (χ1) is 14.3. The van der Waals surface area contributed by atoms with Crippen molar-refractivity contribution in [2.75, 3.05) is 26.2 Å². The molecular weight excluding hydrogens is 468 g/mol. The third-order valence-corrected chi connectivity index (χ3v) is 7.01. The molecule has 0 N–H and O–H groups in total. The maximum Gasteiger partial charge on any atom is 0.236 e. The van der Waals surface area contributed by atoms with Gasteiger partial charge in [-0.1, -0.05) is 58.4 Å². The molecule has 0 saturated carbocycles. The standard InChI is InChI=1S/C22H23BrN2O4S/c23-20-8-6-19(7-9-20)21(26)10-11-22(27)24-13-15-25(16-14-24)30(28,29)17-12-18-4-2-1-3-5-18/h1-9,12,17H,10-11,13-16H2/b17-12+. The largest absolute Gasteiger partial charge is 0.340 e. The van der Waals surface area contributed by atoms with E-state index in [2.05, 4.69) is 15.9 Å². The van der Waals surface area contributed by atoms with Gasteiger partial charge in [-0.2, -0.15) is 4.31 Å². The molecule has 0 unspecified atom stereocenters. The molecule has 0 radical (unpaired) electrons. The monoisotopic (exact) mass is 490 g/mol. The molecule has 1 aliphatic heterocycles. The Bertz CT molecular complexity index is 1010. The van der Waals surface area contributed by atoms with Crippen LogP contribution >= 0.6 is 15.9 Å². The van der Waals surface area contributed by atoms with E-state index in [1.165, 1.54) is 9.71 Å². The number of ketones is 1. The summed E-state index contributed by atoms with van der Waals surface area (Å²) >= 11 is 3.33. The molecule has 30 heavy (non-hydrogen) atoms. The van der Waals surface area contributed by atoms with Crippen molar-refractivity contribution in [3.05, 3.63) is 75.6 Å². The zero-order valence-electron chi connectivity index (χ0n) is 16.4. The van der Waals surface area contributed by atoms with Gasteiger partial charge in [0.25, 0.3) is 0 Å². The Hall–Kier alpha value is -2.29. The van der Waals surface area contributed by atoms with Crippen molar-refractivity contribution in [2.45, 2.75) is 12.8 Å². The Morgan fingerprint density at radius 1 is 0.900 bits per heavy atom. The first-order valence-corrected chi connectivity index (χ1v) is 11.9. The summed E-state index contributed by atoms with van der Waals surface area (Å²) in [4.78, 5) is 26.3. The van der Waals surface area contributed by atoms with Crippen molar-refractivity contribution in [3.63, 3.8) is 0 Å². The Morgan fingerprint density at radius 2 is 1.53 bits per heavy atom. The van der Waals surface area contributed by atoms with Gasteiger partial charge in [-0.05, 0) is 23.8 Å². The van der Waals surface area contributed by atoms with E-state index < -0.39 is 10.0 Å². The number of piperazine rings is 1. The number of amides is 1. The van der Waals surface area contributed by atoms with Gasteiger partial charge in [0.15, 0.2) is 5.78 Å². The Kier molecular flexibility index (Phi) is 7.58. The summed E-state index contributed by atoms with van der Waals surface area (Å²) in [5.41, 5.74) is 1.39. The van der Waals surface area contributed by atoms with Crippen LogP contribution in [0.4, 0.5) is 0 Å². The number of nitrogens with zero attached hydrogens (tertiary/aromatic N) is 2. The molecule has 6 nitrogen and oxygen atoms in total. The van der Waals surface area contributed by atoms with E-state index in [9.17, 15) is 18.0 Å². The molecule has 1 heterocycles. The van der Waals surface area contributed by atoms with Gasteiger partial charge in [0.05, 0.1) is 0 Å². The summed E-state index contributed by atoms with van der Waals surface area (Å²) in [5, 5.41) is 1.21. The topological polar surface area (TPSA) is 74.8 Å². The second kappa shape index (κ2) is 10.1. The highest BCUT2D eigenvalue weighted by molar-refractivity contribution is 9.10. The molecular formula is C22H23BrN2O4S. The number of hydrogen-bond acceptors (Lipinski definition) is 4. The van der Waals surface area contributed by atoms with Crippen LogP contribution in [0.25, 0.3) is 6.08 Å². The van der Waals surface area contributed by atoms with E-state index in [1.807, 2.05) is 30.3 Å². The zero-order chi connectivity index (χ0) is 21.6. The maximum atomic E-state index is 12.5. The molecule has 0 aromatic heterocycles. The van der Waals surface area contributed by atoms with Crippen LogP contribution in [-0.4, -0.2) is 55.5 Å². The minimum absolute atomic E-state index is 0.0805. The second-order valence-corrected chi connectivity index (χ2v) is 9.70. The van der Waals surface area contributed by atoms with Crippen LogP contribution in [0.15, 0.2) is 64.5 Å². The summed E-state index contributed by atoms with van der Waals surface area (Å²) < 4.78 is 27.3. The fourth-order valence-electron chi connectivity index (χ4n) is 3.17. The van der Waals surface area contributed by atoms with E-state index in [1.54, 1.807) is 35.2 Å². The van der Waals surface area contributed by atoms with Crippen LogP contribution in [0.2, 0.25) is 0 Å². The summed E-state index contributed by atoms with van der Waals surface area (Å²) in [5.74, 6) is -0.208. The Morgan fingerprint density at radius 3 is 2.17 bits per heavy atom. The van der Waals surface area contributed by atoms with Crippen molar-refractivity contribution >= 4 is 43.7 Å². The van der Waals surface area contributed by atoms with Crippen LogP contribution in [0.5, 0.6) is 0 Å². The number of hydrogen-bond donors (Lipinski definition) is 0. The van der Waals surface area contributed by atoms with Gasteiger partial charge in [0.2, 0.25) is 15.9 Å². The number of rotatable bonds is 7. The lowest BCUT2D eigenvalue weighted by molar-refractivity contribution is -0.132. The van der Waals surface area contributed by atoms with E-state index in [4.69, 9.17) is 0 Å². The van der Waals surface area contributed by atoms with E-state index in [0.29, 0.717) is 18.7 Å². The van der Waals surface area contributed by atoms with Gasteiger partial charge in [-0.15, -0.1) is 0 Å². The molecule has 1 amide bonds. The van der Waals surface area contributed by atoms with Gasteiger partial charge in [-0.25, -0.2) is 8.42 Å². The molecule has 2 aromatic rings. The van der Waals surface area contributed by atoms with Gasteiger partial charge in [0.1, 0.15) is 0 Å². The smallest absolute Gasteiger partial charge is 0.236 e. The van der Waals surface area contributed by atoms with Crippen molar-refractivity contribution < 1.29 is 18.0 Å². The predicted molar refractivity (Wildman–Crippen MR) is 120 cm³/mol. The van der Waals surface area contributed by atoms with E-state index in [-0.39, 0.29) is 37.6 Å². The van der Waals surface area contributed by atoms with Crippen molar-refractivity contribution in [1.82, 2.24) is 9.21 Å². The quantitative estimate of drug-likeness (QED) is 0.556. The average Bonchev–Trinajstić information content (AvgIpc) is 2.77. The van der Waals surface area contributed by atoms with Crippen molar-refractivity contribution in [1.29, 1.82) is 0 Å². The molecule has 3 rings (SSSR count). The number of carbonyl (C=O) groups excluding carboxylic acids is 2. The molecule has 0 aliphatic carbocycles. The summed E-state index contributed by atoms with van der Waals surface area (Å²) in [6, 6.07) is 16.3. The van der Waals surface area contributed by atoms with Gasteiger partial charge < -0.3 is 4.90 Å². The Balaban J connectivity index is 1.48. The first kappa shape index (κ1) is 22.4. The average molecular weight is 491 g/mol. The normalized spacial score (nSPS) is 15.4. The second-order valence-electron chi connectivity index (χ2n) is 6.97. The third kappa shape index (κ3) is 6.10. The van der Waals surface area contributed by atoms with Crippen molar-refractivity contribution in [2.24, 2.45) is 0 Å². The number of halogens is 1. The number of sulfonamides is 1. The van der Waals surface area contributed by atoms with Crippen molar-refractivity contribution in [3.8, 4) is 0 Å². The minimum Gasteiger partial charge on any atom is -0.340 e. The molecule has 158 valence electrons. The van der Waals surface area contributed by atoms with Gasteiger partial charge in [0, 0.05) is 54.5 Å². The molecule has 1 saturated heterocycles. The predicted octanol–water partition coefficient (Wildman–Crippen LogP) is 3.56. The fourth-order valence-corrected chi connectivity index (χ4v) is 4.60. The molecule has 1 fully saturated rings. The Labute approximate surface area is 185 Å². The highest BCUT2D eigenvalue weighted by atomic mass is 79.9. The highest BCUT2D eigenvalue weighted by Crippen LogP contribution is 2.15. The molecule has 2 aromatic carbocycles. The summed E-state index contributed by atoms with van der Waals surface area (Å²) in [7, 11) is -3.54. The lowest BCUT2D eigenvalue weighted by atomic mass is 10.1. The number of Topliss-reactive ketones (excluding diaryl/α,β-unsaturated/α-hetero) is 1. The maximum absolute atomic E-state index is 12.5. The highest BCUT2D eigenvalue weighted by Gasteiger charge is 2.27. The zero-order valence-corrected chi connectivity index (χ0v) is 18.8. The van der Waals surface area contributed by atoms with E-state index >= 15 is 0 Å². The molecule has 0 atom stereocenters. The van der Waals surface area contributed by atoms with Gasteiger partial charge >= 0.3 is 0 Å². The van der Waals surface area contributed by atoms with Crippen LogP contribution in [-0.2, 0) is 14.8 Å². The fraction of sp³-hybridized carbons (Fsp3) is 0.273. The number of benzene rings is 2. The summed E-state index contributed by atoms with van der Waals surface area (Å²) in [6.45, 7) is 1.13. The van der Waals surface area contributed by atoms with E-state index in [0.717, 1.165) is 10.0 Å². The van der Waals surface area contributed by atoms with Crippen LogP contribution in [0, 0.1) is 0 Å². The lowest BCUT2D eigenvalue weighted by Crippen LogP contribution is -2.50. The van der Waals surface area contributed by atoms with Crippen LogP contribution < -0.4 is 0 Å². The third-order valence-electron chi connectivity index (χ3n) is 4.92. The molecule has 8 heteroatoms. The van der Waals surface area contributed by atoms with Crippen LogP contribution in [0.3, 0.4) is 0 Å². The van der Waals surface area contributed by atoms with Gasteiger partial charge in [-0.3, -0.25) is 9.59 Å².